The van der Waals surface area contributed by atoms with Crippen molar-refractivity contribution in [1.82, 2.24) is 19.9 Å². The summed E-state index contributed by atoms with van der Waals surface area (Å²) in [6.07, 6.45) is 0.856. The number of nitrogens with zero attached hydrogens (tertiary/aromatic N) is 2. The van der Waals surface area contributed by atoms with Crippen molar-refractivity contribution in [3.8, 4) is 5.69 Å². The van der Waals surface area contributed by atoms with E-state index in [9.17, 15) is 9.59 Å². The minimum Gasteiger partial charge on any atom is -0.353 e. The van der Waals surface area contributed by atoms with E-state index in [2.05, 4.69) is 15.3 Å². The van der Waals surface area contributed by atoms with E-state index < -0.39 is 0 Å². The second kappa shape index (κ2) is 8.55. The van der Waals surface area contributed by atoms with Crippen molar-refractivity contribution >= 4 is 63.2 Å². The number of rotatable bonds is 6. The van der Waals surface area contributed by atoms with Gasteiger partial charge in [0, 0.05) is 16.8 Å². The molecule has 0 fully saturated rings. The lowest BCUT2D eigenvalue weighted by molar-refractivity contribution is -0.119. The van der Waals surface area contributed by atoms with Crippen LogP contribution < -0.4 is 10.9 Å². The van der Waals surface area contributed by atoms with Crippen molar-refractivity contribution in [3.05, 3.63) is 43.6 Å². The van der Waals surface area contributed by atoms with Gasteiger partial charge in [-0.2, -0.15) is 0 Å². The van der Waals surface area contributed by atoms with Gasteiger partial charge in [0.2, 0.25) is 5.91 Å². The highest BCUT2D eigenvalue weighted by molar-refractivity contribution is 7.99. The predicted molar refractivity (Wildman–Crippen MR) is 114 cm³/mol. The summed E-state index contributed by atoms with van der Waals surface area (Å²) in [4.78, 5) is 31.7. The van der Waals surface area contributed by atoms with Gasteiger partial charge in [0.05, 0.1) is 5.75 Å². The Morgan fingerprint density at radius 3 is 2.81 bits per heavy atom. The molecule has 142 valence electrons. The standard InChI is InChI=1S/C17H17ClN4O2S3/c1-3-9(2)19-12(23)8-26-16-20-14-13(15(24)21-16)27-17(25)22(14)11-6-4-10(18)5-7-11/h4-7,9H,3,8H2,1-2H3,(H,19,23)(H,20,21,24). The molecule has 2 aromatic heterocycles. The molecule has 2 N–H and O–H groups in total. The van der Waals surface area contributed by atoms with Crippen LogP contribution in [0, 0.1) is 3.95 Å². The zero-order valence-electron chi connectivity index (χ0n) is 14.6. The van der Waals surface area contributed by atoms with E-state index in [-0.39, 0.29) is 23.3 Å². The molecule has 2 heterocycles. The molecule has 0 aliphatic rings. The number of thioether (sulfide) groups is 1. The number of carbonyl (C=O) groups is 1. The highest BCUT2D eigenvalue weighted by Gasteiger charge is 2.15. The molecular weight excluding hydrogens is 424 g/mol. The van der Waals surface area contributed by atoms with E-state index in [1.54, 1.807) is 16.7 Å². The van der Waals surface area contributed by atoms with Gasteiger partial charge in [-0.05, 0) is 49.8 Å². The fourth-order valence-electron chi connectivity index (χ4n) is 2.33. The Bertz CT molecular complexity index is 1090. The van der Waals surface area contributed by atoms with Crippen LogP contribution in [0.4, 0.5) is 0 Å². The first-order valence-electron chi connectivity index (χ1n) is 8.23. The van der Waals surface area contributed by atoms with Crippen LogP contribution in [-0.2, 0) is 4.79 Å². The molecule has 0 radical (unpaired) electrons. The van der Waals surface area contributed by atoms with Crippen molar-refractivity contribution < 1.29 is 4.79 Å². The lowest BCUT2D eigenvalue weighted by Gasteiger charge is -2.10. The number of nitrogens with one attached hydrogen (secondary N) is 2. The Morgan fingerprint density at radius 2 is 2.15 bits per heavy atom. The topological polar surface area (TPSA) is 79.8 Å². The van der Waals surface area contributed by atoms with Crippen LogP contribution in [0.25, 0.3) is 16.0 Å². The number of carbonyl (C=O) groups excluding carboxylic acids is 1. The van der Waals surface area contributed by atoms with E-state index in [0.717, 1.165) is 12.1 Å². The second-order valence-electron chi connectivity index (χ2n) is 5.87. The van der Waals surface area contributed by atoms with E-state index >= 15 is 0 Å². The molecule has 0 aliphatic heterocycles. The number of H-pyrrole nitrogens is 1. The number of aromatic nitrogens is 3. The van der Waals surface area contributed by atoms with Crippen molar-refractivity contribution in [2.24, 2.45) is 0 Å². The van der Waals surface area contributed by atoms with Crippen LogP contribution in [0.5, 0.6) is 0 Å². The van der Waals surface area contributed by atoms with E-state index in [4.69, 9.17) is 23.8 Å². The van der Waals surface area contributed by atoms with E-state index in [1.165, 1.54) is 23.1 Å². The first-order valence-corrected chi connectivity index (χ1v) is 10.8. The monoisotopic (exact) mass is 440 g/mol. The number of thiazole rings is 1. The lowest BCUT2D eigenvalue weighted by atomic mass is 10.3. The van der Waals surface area contributed by atoms with Crippen LogP contribution in [0.3, 0.4) is 0 Å². The number of fused-ring (bicyclic) bond motifs is 1. The summed E-state index contributed by atoms with van der Waals surface area (Å²) in [6, 6.07) is 7.26. The van der Waals surface area contributed by atoms with Crippen molar-refractivity contribution in [2.75, 3.05) is 5.75 Å². The Morgan fingerprint density at radius 1 is 1.44 bits per heavy atom. The van der Waals surface area contributed by atoms with Gasteiger partial charge in [0.15, 0.2) is 14.8 Å². The van der Waals surface area contributed by atoms with Crippen molar-refractivity contribution in [3.63, 3.8) is 0 Å². The molecule has 0 saturated carbocycles. The molecule has 1 amide bonds. The maximum atomic E-state index is 12.4. The quantitative estimate of drug-likeness (QED) is 0.341. The van der Waals surface area contributed by atoms with Crippen LogP contribution in [0.15, 0.2) is 34.2 Å². The number of aromatic amines is 1. The number of hydrogen-bond acceptors (Lipinski definition) is 6. The number of benzene rings is 1. The van der Waals surface area contributed by atoms with Gasteiger partial charge in [-0.25, -0.2) is 4.98 Å². The van der Waals surface area contributed by atoms with Crippen LogP contribution in [0.1, 0.15) is 20.3 Å². The Hall–Kier alpha value is -1.68. The average molecular weight is 441 g/mol. The van der Waals surface area contributed by atoms with Crippen molar-refractivity contribution in [1.29, 1.82) is 0 Å². The summed E-state index contributed by atoms with van der Waals surface area (Å²) in [5.74, 6) is 0.0712. The zero-order valence-corrected chi connectivity index (χ0v) is 17.8. The fourth-order valence-corrected chi connectivity index (χ4v) is 4.40. The third-order valence-electron chi connectivity index (χ3n) is 3.87. The molecule has 1 aromatic carbocycles. The van der Waals surface area contributed by atoms with Gasteiger partial charge in [-0.15, -0.1) is 0 Å². The Labute approximate surface area is 174 Å². The smallest absolute Gasteiger partial charge is 0.271 e. The minimum atomic E-state index is -0.270. The maximum absolute atomic E-state index is 12.4. The van der Waals surface area contributed by atoms with Gasteiger partial charge in [-0.3, -0.25) is 14.2 Å². The maximum Gasteiger partial charge on any atom is 0.271 e. The summed E-state index contributed by atoms with van der Waals surface area (Å²) in [7, 11) is 0. The fraction of sp³-hybridized carbons (Fsp3) is 0.294. The Balaban J connectivity index is 1.94. The SMILES string of the molecule is CCC(C)NC(=O)CSc1nc2c(sc(=S)n2-c2ccc(Cl)cc2)c(=O)[nH]1. The summed E-state index contributed by atoms with van der Waals surface area (Å²) in [6.45, 7) is 3.95. The molecule has 10 heteroatoms. The molecule has 0 saturated heterocycles. The molecule has 1 unspecified atom stereocenters. The van der Waals surface area contributed by atoms with Crippen LogP contribution in [-0.4, -0.2) is 32.2 Å². The van der Waals surface area contributed by atoms with E-state index in [0.29, 0.717) is 24.5 Å². The van der Waals surface area contributed by atoms with Gasteiger partial charge in [0.25, 0.3) is 5.56 Å². The third-order valence-corrected chi connectivity index (χ3v) is 6.35. The predicted octanol–water partition coefficient (Wildman–Crippen LogP) is 4.16. The number of halogens is 1. The summed E-state index contributed by atoms with van der Waals surface area (Å²) in [5, 5.41) is 3.87. The lowest BCUT2D eigenvalue weighted by Crippen LogP contribution is -2.33. The summed E-state index contributed by atoms with van der Waals surface area (Å²) >= 11 is 13.8. The molecule has 0 bridgehead atoms. The second-order valence-corrected chi connectivity index (χ2v) is 8.91. The van der Waals surface area contributed by atoms with Crippen LogP contribution in [0.2, 0.25) is 5.02 Å². The Kier molecular flexibility index (Phi) is 6.36. The molecular formula is C17H17ClN4O2S3. The van der Waals surface area contributed by atoms with Crippen molar-refractivity contribution in [2.45, 2.75) is 31.5 Å². The molecule has 6 nitrogen and oxygen atoms in total. The highest BCUT2D eigenvalue weighted by Crippen LogP contribution is 2.25. The van der Waals surface area contributed by atoms with Crippen LogP contribution >= 0.6 is 46.9 Å². The summed E-state index contributed by atoms with van der Waals surface area (Å²) in [5.41, 5.74) is 0.980. The molecule has 3 aromatic rings. The molecule has 0 spiro atoms. The number of amides is 1. The molecule has 1 atom stereocenters. The minimum absolute atomic E-state index is 0.100. The highest BCUT2D eigenvalue weighted by atomic mass is 35.5. The van der Waals surface area contributed by atoms with Gasteiger partial charge in [0.1, 0.15) is 4.70 Å². The molecule has 3 rings (SSSR count). The summed E-state index contributed by atoms with van der Waals surface area (Å²) < 4.78 is 2.70. The van der Waals surface area contributed by atoms with Gasteiger partial charge < -0.3 is 10.3 Å². The average Bonchev–Trinajstić information content (AvgIpc) is 2.97. The third kappa shape index (κ3) is 4.60. The largest absolute Gasteiger partial charge is 0.353 e. The normalized spacial score (nSPS) is 12.3. The zero-order chi connectivity index (χ0) is 19.6. The van der Waals surface area contributed by atoms with Gasteiger partial charge >= 0.3 is 0 Å². The first-order chi connectivity index (χ1) is 12.9. The molecule has 0 aliphatic carbocycles. The molecule has 27 heavy (non-hydrogen) atoms. The first kappa shape index (κ1) is 20.1. The van der Waals surface area contributed by atoms with E-state index in [1.807, 2.05) is 26.0 Å². The van der Waals surface area contributed by atoms with Gasteiger partial charge in [-0.1, -0.05) is 41.6 Å². The number of hydrogen-bond donors (Lipinski definition) is 2.